The van der Waals surface area contributed by atoms with Crippen LogP contribution < -0.4 is 16.0 Å². The first-order valence-corrected chi connectivity index (χ1v) is 20.2. The van der Waals surface area contributed by atoms with Gasteiger partial charge in [0.2, 0.25) is 11.8 Å². The van der Waals surface area contributed by atoms with Crippen molar-refractivity contribution >= 4 is 74.1 Å². The molecule has 4 N–H and O–H groups in total. The molecular weight excluding hydrogens is 836 g/mol. The molecule has 0 unspecified atom stereocenters. The molecule has 60 heavy (non-hydrogen) atoms. The van der Waals surface area contributed by atoms with E-state index in [0.29, 0.717) is 88.0 Å². The van der Waals surface area contributed by atoms with Crippen molar-refractivity contribution in [1.29, 1.82) is 0 Å². The molecular formula is C44H43BrN6O9. The van der Waals surface area contributed by atoms with Crippen molar-refractivity contribution in [3.8, 4) is 11.3 Å². The Balaban J connectivity index is 1.02. The third-order valence-corrected chi connectivity index (χ3v) is 11.6. The summed E-state index contributed by atoms with van der Waals surface area (Å²) in [5.74, 6) is -1.10. The number of carbonyl (C=O) groups is 6. The van der Waals surface area contributed by atoms with E-state index in [-0.39, 0.29) is 11.8 Å². The zero-order valence-corrected chi connectivity index (χ0v) is 34.4. The van der Waals surface area contributed by atoms with Gasteiger partial charge in [0, 0.05) is 42.5 Å². The maximum absolute atomic E-state index is 13.8. The fraction of sp³-hybridized carbons (Fsp3) is 0.273. The number of likely N-dealkylation sites (tertiary alicyclic amines) is 2. The standard InChI is InChI=1S/C44H43BrN6O9/c1-49(44(57)58)37(27-13-7-4-8-14-27)42(55)51-24-10-16-33(51)39(52)46-29-19-17-28(18-20-29)38-35(45)31-25-30(21-22-34(31)60-38)47-40(53)32-15-9-23-50(32)41(54)36(48-43(56)59-2)26-11-5-3-6-12-26/h3-8,11-14,17-22,25,32-33,36-37H,9-10,15-16,23-24H2,1-2H3,(H,46,52)(H,47,53)(H,48,56)(H,57,58)/t32-,33-,36+,37+/m0/s1. The highest BCUT2D eigenvalue weighted by molar-refractivity contribution is 9.10. The Labute approximate surface area is 353 Å². The topological polar surface area (TPSA) is 191 Å². The Morgan fingerprint density at radius 1 is 0.767 bits per heavy atom. The summed E-state index contributed by atoms with van der Waals surface area (Å²) >= 11 is 3.67. The van der Waals surface area contributed by atoms with Crippen LogP contribution in [0, 0.1) is 0 Å². The van der Waals surface area contributed by atoms with Gasteiger partial charge in [-0.2, -0.15) is 0 Å². The molecule has 2 aliphatic heterocycles. The smallest absolute Gasteiger partial charge is 0.407 e. The zero-order valence-electron chi connectivity index (χ0n) is 32.8. The van der Waals surface area contributed by atoms with Gasteiger partial charge in [-0.3, -0.25) is 24.1 Å². The number of nitrogens with one attached hydrogen (secondary N) is 3. The number of furan rings is 1. The van der Waals surface area contributed by atoms with Crippen molar-refractivity contribution < 1.29 is 43.0 Å². The van der Waals surface area contributed by atoms with Crippen LogP contribution in [-0.2, 0) is 23.9 Å². The van der Waals surface area contributed by atoms with Crippen LogP contribution in [0.2, 0.25) is 0 Å². The number of carbonyl (C=O) groups excluding carboxylic acids is 5. The number of fused-ring (bicyclic) bond motifs is 1. The number of amides is 6. The summed E-state index contributed by atoms with van der Waals surface area (Å²) in [6.07, 6.45) is 0.0712. The van der Waals surface area contributed by atoms with E-state index in [1.54, 1.807) is 103 Å². The lowest BCUT2D eigenvalue weighted by atomic mass is 10.0. The molecule has 6 amide bonds. The minimum absolute atomic E-state index is 0.322. The van der Waals surface area contributed by atoms with Gasteiger partial charge in [-0.1, -0.05) is 60.7 Å². The second kappa shape index (κ2) is 18.1. The number of anilines is 2. The molecule has 2 saturated heterocycles. The summed E-state index contributed by atoms with van der Waals surface area (Å²) < 4.78 is 11.6. The Hall–Kier alpha value is -6.68. The van der Waals surface area contributed by atoms with E-state index in [4.69, 9.17) is 9.15 Å². The number of hydrogen-bond donors (Lipinski definition) is 4. The van der Waals surface area contributed by atoms with Gasteiger partial charge in [0.25, 0.3) is 11.8 Å². The molecule has 4 atom stereocenters. The fourth-order valence-electron chi connectivity index (χ4n) is 7.80. The minimum atomic E-state index is -1.26. The molecule has 0 aliphatic carbocycles. The number of rotatable bonds is 11. The van der Waals surface area contributed by atoms with E-state index in [9.17, 15) is 33.9 Å². The van der Waals surface area contributed by atoms with E-state index in [1.165, 1.54) is 24.0 Å². The molecule has 2 aliphatic rings. The van der Waals surface area contributed by atoms with Crippen LogP contribution in [0.4, 0.5) is 21.0 Å². The largest absolute Gasteiger partial charge is 0.465 e. The normalized spacial score (nSPS) is 17.1. The van der Waals surface area contributed by atoms with Crippen molar-refractivity contribution in [2.75, 3.05) is 37.9 Å². The molecule has 0 saturated carbocycles. The highest BCUT2D eigenvalue weighted by Gasteiger charge is 2.41. The number of likely N-dealkylation sites (N-methyl/N-ethyl adjacent to an activating group) is 1. The summed E-state index contributed by atoms with van der Waals surface area (Å²) in [6, 6.07) is 26.0. The lowest BCUT2D eigenvalue weighted by molar-refractivity contribution is -0.140. The van der Waals surface area contributed by atoms with Gasteiger partial charge in [-0.15, -0.1) is 0 Å². The fourth-order valence-corrected chi connectivity index (χ4v) is 8.42. The number of methoxy groups -OCH3 is 1. The number of hydrogen-bond acceptors (Lipinski definition) is 8. The van der Waals surface area contributed by atoms with Crippen molar-refractivity contribution in [1.82, 2.24) is 20.0 Å². The second-order valence-electron chi connectivity index (χ2n) is 14.6. The molecule has 7 rings (SSSR count). The van der Waals surface area contributed by atoms with Crippen molar-refractivity contribution in [2.24, 2.45) is 0 Å². The summed E-state index contributed by atoms with van der Waals surface area (Å²) in [5, 5.41) is 18.9. The predicted octanol–water partition coefficient (Wildman–Crippen LogP) is 7.17. The third-order valence-electron chi connectivity index (χ3n) is 10.9. The molecule has 310 valence electrons. The quantitative estimate of drug-likeness (QED) is 0.107. The van der Waals surface area contributed by atoms with E-state index in [2.05, 4.69) is 31.9 Å². The SMILES string of the molecule is COC(=O)N[C@@H](C(=O)N1CCC[C@H]1C(=O)Nc1ccc2oc(-c3ccc(NC(=O)[C@@H]4CCCN4C(=O)[C@@H](c4ccccc4)N(C)C(=O)O)cc3)c(Br)c2c1)c1ccccc1. The Kier molecular flexibility index (Phi) is 12.5. The van der Waals surface area contributed by atoms with Gasteiger partial charge >= 0.3 is 12.2 Å². The molecule has 1 aromatic heterocycles. The van der Waals surface area contributed by atoms with Crippen molar-refractivity contribution in [3.63, 3.8) is 0 Å². The van der Waals surface area contributed by atoms with E-state index in [0.717, 1.165) is 4.90 Å². The molecule has 15 nitrogen and oxygen atoms in total. The maximum atomic E-state index is 13.8. The van der Waals surface area contributed by atoms with Crippen LogP contribution in [0.3, 0.4) is 0 Å². The number of alkyl carbamates (subject to hydrolysis) is 1. The average Bonchev–Trinajstić information content (AvgIpc) is 4.03. The van der Waals surface area contributed by atoms with Crippen LogP contribution in [0.1, 0.15) is 48.9 Å². The van der Waals surface area contributed by atoms with E-state index < -0.39 is 48.2 Å². The number of benzene rings is 4. The van der Waals surface area contributed by atoms with Crippen LogP contribution in [0.25, 0.3) is 22.3 Å². The van der Waals surface area contributed by atoms with Gasteiger partial charge < -0.3 is 40.0 Å². The third kappa shape index (κ3) is 8.69. The Morgan fingerprint density at radius 2 is 1.32 bits per heavy atom. The van der Waals surface area contributed by atoms with Gasteiger partial charge in [0.1, 0.15) is 35.5 Å². The molecule has 0 radical (unpaired) electrons. The molecule has 4 aromatic carbocycles. The number of nitrogens with zero attached hydrogens (tertiary/aromatic N) is 3. The predicted molar refractivity (Wildman–Crippen MR) is 226 cm³/mol. The molecule has 16 heteroatoms. The van der Waals surface area contributed by atoms with Crippen molar-refractivity contribution in [3.05, 3.63) is 119 Å². The highest BCUT2D eigenvalue weighted by atomic mass is 79.9. The summed E-state index contributed by atoms with van der Waals surface area (Å²) in [4.78, 5) is 82.9. The molecule has 3 heterocycles. The first-order chi connectivity index (χ1) is 28.9. The average molecular weight is 880 g/mol. The molecule has 0 bridgehead atoms. The number of carboxylic acid groups (broad SMARTS) is 1. The Morgan fingerprint density at radius 3 is 1.90 bits per heavy atom. The molecule has 2 fully saturated rings. The first kappa shape index (κ1) is 41.5. The number of halogens is 1. The minimum Gasteiger partial charge on any atom is -0.465 e. The lowest BCUT2D eigenvalue weighted by Crippen LogP contribution is -2.48. The lowest BCUT2D eigenvalue weighted by Gasteiger charge is -2.32. The first-order valence-electron chi connectivity index (χ1n) is 19.4. The van der Waals surface area contributed by atoms with E-state index in [1.807, 2.05) is 0 Å². The number of ether oxygens (including phenoxy) is 1. The van der Waals surface area contributed by atoms with Gasteiger partial charge in [-0.05, 0) is 95.2 Å². The van der Waals surface area contributed by atoms with Gasteiger partial charge in [0.15, 0.2) is 0 Å². The van der Waals surface area contributed by atoms with Crippen LogP contribution in [-0.4, -0.2) is 95.0 Å². The molecule has 5 aromatic rings. The maximum Gasteiger partial charge on any atom is 0.407 e. The van der Waals surface area contributed by atoms with Gasteiger partial charge in [0.05, 0.1) is 11.6 Å². The Bertz CT molecular complexity index is 2410. The van der Waals surface area contributed by atoms with E-state index >= 15 is 0 Å². The van der Waals surface area contributed by atoms with Gasteiger partial charge in [-0.25, -0.2) is 9.59 Å². The highest BCUT2D eigenvalue weighted by Crippen LogP contribution is 2.39. The summed E-state index contributed by atoms with van der Waals surface area (Å²) in [5.41, 5.74) is 3.33. The summed E-state index contributed by atoms with van der Waals surface area (Å²) in [7, 11) is 2.56. The van der Waals surface area contributed by atoms with Crippen molar-refractivity contribution in [2.45, 2.75) is 49.9 Å². The zero-order chi connectivity index (χ0) is 42.5. The summed E-state index contributed by atoms with van der Waals surface area (Å²) in [6.45, 7) is 0.670. The van der Waals surface area contributed by atoms with Crippen LogP contribution in [0.15, 0.2) is 112 Å². The van der Waals surface area contributed by atoms with Crippen LogP contribution in [0.5, 0.6) is 0 Å². The molecule has 0 spiro atoms. The second-order valence-corrected chi connectivity index (χ2v) is 15.4. The van der Waals surface area contributed by atoms with Crippen LogP contribution >= 0.6 is 15.9 Å². The monoisotopic (exact) mass is 878 g/mol.